The molecule has 0 radical (unpaired) electrons. The lowest BCUT2D eigenvalue weighted by atomic mass is 9.97. The van der Waals surface area contributed by atoms with Crippen LogP contribution in [0.3, 0.4) is 0 Å². The lowest BCUT2D eigenvalue weighted by Crippen LogP contribution is -2.27. The minimum Gasteiger partial charge on any atom is -0.366 e. The molecular weight excluding hydrogens is 292 g/mol. The van der Waals surface area contributed by atoms with E-state index in [0.717, 1.165) is 10.3 Å². The first-order chi connectivity index (χ1) is 8.70. The highest BCUT2D eigenvalue weighted by Gasteiger charge is 2.21. The quantitative estimate of drug-likeness (QED) is 0.836. The Balaban J connectivity index is 2.11. The van der Waals surface area contributed by atoms with Crippen LogP contribution in [0.1, 0.15) is 39.0 Å². The third-order valence-corrected chi connectivity index (χ3v) is 4.23. The predicted octanol–water partition coefficient (Wildman–Crippen LogP) is 3.66. The van der Waals surface area contributed by atoms with Crippen molar-refractivity contribution in [3.63, 3.8) is 0 Å². The number of hydrogen-bond donors (Lipinski definition) is 2. The van der Waals surface area contributed by atoms with E-state index in [0.29, 0.717) is 17.9 Å². The second-order valence-electron chi connectivity index (χ2n) is 5.01. The smallest absolute Gasteiger partial charge is 0.224 e. The molecule has 0 aliphatic heterocycles. The number of halogens is 1. The summed E-state index contributed by atoms with van der Waals surface area (Å²) >= 11 is 3.51. The molecule has 1 aliphatic rings. The molecule has 5 heteroatoms. The van der Waals surface area contributed by atoms with Crippen molar-refractivity contribution in [2.24, 2.45) is 5.92 Å². The molecule has 1 heterocycles. The first kappa shape index (κ1) is 13.6. The van der Waals surface area contributed by atoms with Crippen LogP contribution >= 0.6 is 15.9 Å². The highest BCUT2D eigenvalue weighted by atomic mass is 79.9. The molecule has 18 heavy (non-hydrogen) atoms. The summed E-state index contributed by atoms with van der Waals surface area (Å²) in [5.74, 6) is 2.25. The van der Waals surface area contributed by atoms with E-state index in [4.69, 9.17) is 0 Å². The first-order valence-corrected chi connectivity index (χ1v) is 7.47. The molecule has 0 aromatic carbocycles. The van der Waals surface area contributed by atoms with Gasteiger partial charge in [-0.1, -0.05) is 26.2 Å². The third-order valence-electron chi connectivity index (χ3n) is 3.65. The zero-order valence-corrected chi connectivity index (χ0v) is 12.6. The van der Waals surface area contributed by atoms with E-state index in [9.17, 15) is 0 Å². The Morgan fingerprint density at radius 2 is 2.06 bits per heavy atom. The van der Waals surface area contributed by atoms with E-state index in [1.807, 2.05) is 7.05 Å². The fourth-order valence-electron chi connectivity index (χ4n) is 2.47. The summed E-state index contributed by atoms with van der Waals surface area (Å²) in [5, 5.41) is 6.55. The number of hydrogen-bond acceptors (Lipinski definition) is 4. The van der Waals surface area contributed by atoms with Gasteiger partial charge < -0.3 is 10.6 Å². The van der Waals surface area contributed by atoms with Gasteiger partial charge in [0, 0.05) is 19.3 Å². The molecule has 0 bridgehead atoms. The molecule has 1 saturated carbocycles. The van der Waals surface area contributed by atoms with Crippen LogP contribution < -0.4 is 10.6 Å². The molecule has 1 fully saturated rings. The molecule has 0 spiro atoms. The van der Waals surface area contributed by atoms with Crippen molar-refractivity contribution < 1.29 is 0 Å². The van der Waals surface area contributed by atoms with Crippen LogP contribution in [-0.2, 0) is 0 Å². The maximum atomic E-state index is 4.47. The molecule has 1 aliphatic carbocycles. The van der Waals surface area contributed by atoms with Crippen LogP contribution in [0.4, 0.5) is 11.8 Å². The van der Waals surface area contributed by atoms with E-state index < -0.39 is 0 Å². The van der Waals surface area contributed by atoms with Gasteiger partial charge in [-0.2, -0.15) is 4.98 Å². The van der Waals surface area contributed by atoms with E-state index >= 15 is 0 Å². The second-order valence-corrected chi connectivity index (χ2v) is 5.86. The second kappa shape index (κ2) is 6.36. The van der Waals surface area contributed by atoms with Crippen molar-refractivity contribution in [1.29, 1.82) is 0 Å². The third kappa shape index (κ3) is 3.34. The monoisotopic (exact) mass is 312 g/mol. The highest BCUT2D eigenvalue weighted by molar-refractivity contribution is 9.10. The highest BCUT2D eigenvalue weighted by Crippen LogP contribution is 2.28. The summed E-state index contributed by atoms with van der Waals surface area (Å²) in [4.78, 5) is 8.65. The Labute approximate surface area is 117 Å². The van der Waals surface area contributed by atoms with Gasteiger partial charge in [-0.05, 0) is 34.7 Å². The van der Waals surface area contributed by atoms with Crippen molar-refractivity contribution in [1.82, 2.24) is 9.97 Å². The molecule has 0 saturated heterocycles. The number of nitrogens with zero attached hydrogens (tertiary/aromatic N) is 2. The number of anilines is 2. The lowest BCUT2D eigenvalue weighted by Gasteiger charge is -2.24. The van der Waals surface area contributed by atoms with Crippen molar-refractivity contribution in [2.75, 3.05) is 17.7 Å². The fourth-order valence-corrected chi connectivity index (χ4v) is 2.78. The first-order valence-electron chi connectivity index (χ1n) is 6.67. The molecule has 2 atom stereocenters. The van der Waals surface area contributed by atoms with Gasteiger partial charge >= 0.3 is 0 Å². The molecule has 2 N–H and O–H groups in total. The minimum absolute atomic E-state index is 0.517. The summed E-state index contributed by atoms with van der Waals surface area (Å²) in [6.45, 7) is 2.33. The molecule has 0 amide bonds. The molecule has 100 valence electrons. The Bertz CT molecular complexity index is 397. The number of nitrogens with one attached hydrogen (secondary N) is 2. The van der Waals surface area contributed by atoms with Crippen LogP contribution in [0.25, 0.3) is 0 Å². The van der Waals surface area contributed by atoms with Gasteiger partial charge in [0.2, 0.25) is 5.95 Å². The van der Waals surface area contributed by atoms with E-state index in [1.165, 1.54) is 32.1 Å². The summed E-state index contributed by atoms with van der Waals surface area (Å²) in [7, 11) is 1.83. The maximum absolute atomic E-state index is 4.47. The summed E-state index contributed by atoms with van der Waals surface area (Å²) in [5.41, 5.74) is 0. The summed E-state index contributed by atoms with van der Waals surface area (Å²) in [6.07, 6.45) is 8.35. The van der Waals surface area contributed by atoms with Crippen molar-refractivity contribution in [3.05, 3.63) is 10.7 Å². The van der Waals surface area contributed by atoms with Gasteiger partial charge in [-0.3, -0.25) is 0 Å². The zero-order chi connectivity index (χ0) is 13.0. The molecule has 2 rings (SSSR count). The standard InChI is InChI=1S/C13H21BrN4/c1-9-6-4-3-5-7-11(9)17-12-10(14)8-16-13(15-2)18-12/h8-9,11H,3-7H2,1-2H3,(H2,15,16,17,18). The molecule has 1 aromatic rings. The Morgan fingerprint density at radius 1 is 1.28 bits per heavy atom. The zero-order valence-electron chi connectivity index (χ0n) is 11.0. The molecule has 4 nitrogen and oxygen atoms in total. The average molecular weight is 313 g/mol. The van der Waals surface area contributed by atoms with Crippen LogP contribution in [0.2, 0.25) is 0 Å². The van der Waals surface area contributed by atoms with E-state index in [1.54, 1.807) is 6.20 Å². The summed E-state index contributed by atoms with van der Waals surface area (Å²) < 4.78 is 0.929. The van der Waals surface area contributed by atoms with Crippen LogP contribution in [0.5, 0.6) is 0 Å². The molecular formula is C13H21BrN4. The Hall–Kier alpha value is -0.840. The maximum Gasteiger partial charge on any atom is 0.224 e. The van der Waals surface area contributed by atoms with Gasteiger partial charge in [-0.15, -0.1) is 0 Å². The predicted molar refractivity (Wildman–Crippen MR) is 78.9 cm³/mol. The van der Waals surface area contributed by atoms with Crippen LogP contribution in [0, 0.1) is 5.92 Å². The molecule has 2 unspecified atom stereocenters. The van der Waals surface area contributed by atoms with Crippen LogP contribution in [0.15, 0.2) is 10.7 Å². The van der Waals surface area contributed by atoms with E-state index in [2.05, 4.69) is 43.5 Å². The molecule has 1 aromatic heterocycles. The van der Waals surface area contributed by atoms with Crippen molar-refractivity contribution in [2.45, 2.75) is 45.1 Å². The fraction of sp³-hybridized carbons (Fsp3) is 0.692. The van der Waals surface area contributed by atoms with Gasteiger partial charge in [0.15, 0.2) is 0 Å². The SMILES string of the molecule is CNc1ncc(Br)c(NC2CCCCCC2C)n1. The number of rotatable bonds is 3. The minimum atomic E-state index is 0.517. The van der Waals surface area contributed by atoms with Gasteiger partial charge in [0.05, 0.1) is 4.47 Å². The Morgan fingerprint density at radius 3 is 2.83 bits per heavy atom. The number of aromatic nitrogens is 2. The topological polar surface area (TPSA) is 49.8 Å². The van der Waals surface area contributed by atoms with Crippen molar-refractivity contribution >= 4 is 27.7 Å². The van der Waals surface area contributed by atoms with Gasteiger partial charge in [0.25, 0.3) is 0 Å². The average Bonchev–Trinajstić information content (AvgIpc) is 2.58. The lowest BCUT2D eigenvalue weighted by molar-refractivity contribution is 0.455. The van der Waals surface area contributed by atoms with E-state index in [-0.39, 0.29) is 0 Å². The normalized spacial score (nSPS) is 24.4. The van der Waals surface area contributed by atoms with Crippen LogP contribution in [-0.4, -0.2) is 23.1 Å². The largest absolute Gasteiger partial charge is 0.366 e. The summed E-state index contributed by atoms with van der Waals surface area (Å²) in [6, 6.07) is 0.517. The Kier molecular flexibility index (Phi) is 4.80. The van der Waals surface area contributed by atoms with Gasteiger partial charge in [-0.25, -0.2) is 4.98 Å². The van der Waals surface area contributed by atoms with Gasteiger partial charge in [0.1, 0.15) is 5.82 Å². The van der Waals surface area contributed by atoms with Crippen molar-refractivity contribution in [3.8, 4) is 0 Å².